The van der Waals surface area contributed by atoms with Crippen molar-refractivity contribution in [1.82, 2.24) is 4.98 Å². The summed E-state index contributed by atoms with van der Waals surface area (Å²) in [7, 11) is 0. The van der Waals surface area contributed by atoms with E-state index < -0.39 is 0 Å². The summed E-state index contributed by atoms with van der Waals surface area (Å²) in [6.07, 6.45) is 3.57. The molecule has 4 heteroatoms. The molecule has 1 saturated heterocycles. The van der Waals surface area contributed by atoms with Crippen LogP contribution in [0.3, 0.4) is 0 Å². The van der Waals surface area contributed by atoms with E-state index in [1.807, 2.05) is 6.07 Å². The summed E-state index contributed by atoms with van der Waals surface area (Å²) in [6, 6.07) is 4.02. The number of rotatable bonds is 1. The van der Waals surface area contributed by atoms with Crippen molar-refractivity contribution in [3.63, 3.8) is 0 Å². The Balaban J connectivity index is 2.34. The molecular weight excluding hydrogens is 212 g/mol. The van der Waals surface area contributed by atoms with Gasteiger partial charge in [-0.05, 0) is 30.4 Å². The summed E-state index contributed by atoms with van der Waals surface area (Å²) < 4.78 is 5.29. The van der Waals surface area contributed by atoms with Crippen molar-refractivity contribution in [1.29, 1.82) is 5.26 Å². The lowest BCUT2D eigenvalue weighted by atomic mass is 9.90. The van der Waals surface area contributed by atoms with Crippen molar-refractivity contribution in [3.8, 4) is 6.07 Å². The molecule has 2 heterocycles. The van der Waals surface area contributed by atoms with Crippen LogP contribution in [0.15, 0.2) is 12.3 Å². The van der Waals surface area contributed by atoms with Crippen molar-refractivity contribution < 1.29 is 4.74 Å². The Morgan fingerprint density at radius 1 is 1.47 bits per heavy atom. The summed E-state index contributed by atoms with van der Waals surface area (Å²) in [5.74, 6) is 0.383. The van der Waals surface area contributed by atoms with Gasteiger partial charge in [0, 0.05) is 19.4 Å². The van der Waals surface area contributed by atoms with E-state index in [0.29, 0.717) is 16.6 Å². The predicted octanol–water partition coefficient (Wildman–Crippen LogP) is 2.50. The first-order valence-electron chi connectivity index (χ1n) is 4.95. The lowest BCUT2D eigenvalue weighted by Gasteiger charge is -2.23. The van der Waals surface area contributed by atoms with Crippen LogP contribution in [-0.2, 0) is 4.74 Å². The quantitative estimate of drug-likeness (QED) is 0.686. The molecule has 0 aromatic carbocycles. The third kappa shape index (κ3) is 2.11. The van der Waals surface area contributed by atoms with Crippen LogP contribution in [0.5, 0.6) is 0 Å². The molecule has 0 radical (unpaired) electrons. The van der Waals surface area contributed by atoms with Crippen molar-refractivity contribution in [2.75, 3.05) is 13.2 Å². The van der Waals surface area contributed by atoms with Gasteiger partial charge >= 0.3 is 0 Å². The number of pyridine rings is 1. The maximum absolute atomic E-state index is 9.02. The fraction of sp³-hybridized carbons (Fsp3) is 0.455. The second-order valence-electron chi connectivity index (χ2n) is 3.56. The fourth-order valence-electron chi connectivity index (χ4n) is 1.91. The minimum absolute atomic E-state index is 0.307. The largest absolute Gasteiger partial charge is 0.381 e. The van der Waals surface area contributed by atoms with Gasteiger partial charge in [-0.15, -0.1) is 0 Å². The van der Waals surface area contributed by atoms with Crippen LogP contribution in [0, 0.1) is 11.3 Å². The summed E-state index contributed by atoms with van der Waals surface area (Å²) in [6.45, 7) is 1.52. The smallest absolute Gasteiger partial charge is 0.147 e. The third-order valence-electron chi connectivity index (χ3n) is 2.71. The van der Waals surface area contributed by atoms with Gasteiger partial charge in [0.15, 0.2) is 0 Å². The Morgan fingerprint density at radius 2 is 2.20 bits per heavy atom. The predicted molar refractivity (Wildman–Crippen MR) is 56.8 cm³/mol. The zero-order valence-electron chi connectivity index (χ0n) is 8.24. The van der Waals surface area contributed by atoms with Gasteiger partial charge in [0.2, 0.25) is 0 Å². The van der Waals surface area contributed by atoms with Crippen LogP contribution in [0.2, 0.25) is 5.15 Å². The van der Waals surface area contributed by atoms with Crippen LogP contribution >= 0.6 is 11.6 Å². The second-order valence-corrected chi connectivity index (χ2v) is 3.92. The van der Waals surface area contributed by atoms with Crippen LogP contribution in [0.25, 0.3) is 0 Å². The molecule has 0 saturated carbocycles. The molecule has 0 aliphatic carbocycles. The number of halogens is 1. The van der Waals surface area contributed by atoms with E-state index in [4.69, 9.17) is 21.6 Å². The number of ether oxygens (including phenoxy) is 1. The standard InChI is InChI=1S/C11H11ClN2O/c12-11-10(7-13)9(1-4-14-11)8-2-5-15-6-3-8/h1,4,8H,2-3,5-6H2. The zero-order chi connectivity index (χ0) is 10.7. The van der Waals surface area contributed by atoms with Crippen LogP contribution in [0.1, 0.15) is 29.9 Å². The van der Waals surface area contributed by atoms with Crippen molar-refractivity contribution in [2.45, 2.75) is 18.8 Å². The van der Waals surface area contributed by atoms with E-state index in [-0.39, 0.29) is 0 Å². The molecule has 1 aromatic heterocycles. The molecule has 1 fully saturated rings. The second kappa shape index (κ2) is 4.61. The van der Waals surface area contributed by atoms with Gasteiger partial charge in [-0.3, -0.25) is 0 Å². The van der Waals surface area contributed by atoms with E-state index in [1.54, 1.807) is 6.20 Å². The molecule has 0 spiro atoms. The molecule has 1 aliphatic rings. The summed E-state index contributed by atoms with van der Waals surface area (Å²) >= 11 is 5.88. The normalized spacial score (nSPS) is 17.3. The van der Waals surface area contributed by atoms with Gasteiger partial charge in [-0.2, -0.15) is 5.26 Å². The highest BCUT2D eigenvalue weighted by molar-refractivity contribution is 6.30. The van der Waals surface area contributed by atoms with Gasteiger partial charge in [0.25, 0.3) is 0 Å². The fourth-order valence-corrected chi connectivity index (χ4v) is 2.12. The van der Waals surface area contributed by atoms with E-state index in [1.165, 1.54) is 0 Å². The minimum atomic E-state index is 0.307. The number of aromatic nitrogens is 1. The van der Waals surface area contributed by atoms with Crippen molar-refractivity contribution >= 4 is 11.6 Å². The number of nitriles is 1. The molecule has 0 bridgehead atoms. The first kappa shape index (κ1) is 10.4. The molecular formula is C11H11ClN2O. The number of hydrogen-bond donors (Lipinski definition) is 0. The van der Waals surface area contributed by atoms with E-state index in [9.17, 15) is 0 Å². The monoisotopic (exact) mass is 222 g/mol. The van der Waals surface area contributed by atoms with Crippen molar-refractivity contribution in [3.05, 3.63) is 28.5 Å². The average Bonchev–Trinajstić information content (AvgIpc) is 2.30. The highest BCUT2D eigenvalue weighted by Gasteiger charge is 2.20. The zero-order valence-corrected chi connectivity index (χ0v) is 9.00. The van der Waals surface area contributed by atoms with Crippen LogP contribution in [-0.4, -0.2) is 18.2 Å². The molecule has 3 nitrogen and oxygen atoms in total. The highest BCUT2D eigenvalue weighted by atomic mass is 35.5. The number of hydrogen-bond acceptors (Lipinski definition) is 3. The van der Waals surface area contributed by atoms with Gasteiger partial charge < -0.3 is 4.74 Å². The SMILES string of the molecule is N#Cc1c(C2CCOCC2)ccnc1Cl. The molecule has 15 heavy (non-hydrogen) atoms. The van der Waals surface area contributed by atoms with Gasteiger partial charge in [0.1, 0.15) is 11.2 Å². The Hall–Kier alpha value is -1.11. The molecule has 78 valence electrons. The highest BCUT2D eigenvalue weighted by Crippen LogP contribution is 2.31. The van der Waals surface area contributed by atoms with Crippen LogP contribution in [0.4, 0.5) is 0 Å². The molecule has 0 N–H and O–H groups in total. The average molecular weight is 223 g/mol. The van der Waals surface area contributed by atoms with E-state index in [0.717, 1.165) is 31.6 Å². The Labute approximate surface area is 93.6 Å². The van der Waals surface area contributed by atoms with Crippen molar-refractivity contribution in [2.24, 2.45) is 0 Å². The molecule has 0 atom stereocenters. The Morgan fingerprint density at radius 3 is 2.87 bits per heavy atom. The van der Waals surface area contributed by atoms with Gasteiger partial charge in [0.05, 0.1) is 5.56 Å². The van der Waals surface area contributed by atoms with Gasteiger partial charge in [-0.25, -0.2) is 4.98 Å². The summed E-state index contributed by atoms with van der Waals surface area (Å²) in [5, 5.41) is 9.33. The maximum Gasteiger partial charge on any atom is 0.147 e. The molecule has 2 rings (SSSR count). The summed E-state index contributed by atoms with van der Waals surface area (Å²) in [4.78, 5) is 3.92. The Bertz CT molecular complexity index is 394. The number of nitrogens with zero attached hydrogens (tertiary/aromatic N) is 2. The molecule has 1 aromatic rings. The lowest BCUT2D eigenvalue weighted by Crippen LogP contribution is -2.15. The van der Waals surface area contributed by atoms with Gasteiger partial charge in [-0.1, -0.05) is 11.6 Å². The maximum atomic E-state index is 9.02. The lowest BCUT2D eigenvalue weighted by molar-refractivity contribution is 0.0853. The first-order valence-corrected chi connectivity index (χ1v) is 5.33. The van der Waals surface area contributed by atoms with E-state index in [2.05, 4.69) is 11.1 Å². The molecule has 0 unspecified atom stereocenters. The topological polar surface area (TPSA) is 45.9 Å². The minimum Gasteiger partial charge on any atom is -0.381 e. The van der Waals surface area contributed by atoms with E-state index >= 15 is 0 Å². The molecule has 0 amide bonds. The van der Waals surface area contributed by atoms with Crippen LogP contribution < -0.4 is 0 Å². The Kier molecular flexibility index (Phi) is 3.20. The third-order valence-corrected chi connectivity index (χ3v) is 3.00. The first-order chi connectivity index (χ1) is 7.33. The summed E-state index contributed by atoms with van der Waals surface area (Å²) in [5.41, 5.74) is 1.53. The molecule has 1 aliphatic heterocycles.